The highest BCUT2D eigenvalue weighted by Crippen LogP contribution is 2.39. The maximum atomic E-state index is 13.5. The van der Waals surface area contributed by atoms with Crippen molar-refractivity contribution in [3.05, 3.63) is 94.0 Å². The van der Waals surface area contributed by atoms with E-state index in [1.807, 2.05) is 44.2 Å². The summed E-state index contributed by atoms with van der Waals surface area (Å²) in [4.78, 5) is 27.6. The molecule has 2 heterocycles. The van der Waals surface area contributed by atoms with E-state index in [2.05, 4.69) is 5.10 Å². The molecule has 3 aromatic rings. The summed E-state index contributed by atoms with van der Waals surface area (Å²) < 4.78 is 49.6. The van der Waals surface area contributed by atoms with Crippen LogP contribution in [0.4, 0.5) is 13.2 Å². The maximum Gasteiger partial charge on any atom is 0.416 e. The molecule has 3 aromatic carbocycles. The summed E-state index contributed by atoms with van der Waals surface area (Å²) in [5.74, 6) is 0.189. The molecule has 10 heteroatoms. The van der Waals surface area contributed by atoms with Crippen LogP contribution in [0.1, 0.15) is 50.6 Å². The summed E-state index contributed by atoms with van der Waals surface area (Å²) in [7, 11) is 1.43. The normalized spacial score (nSPS) is 16.3. The van der Waals surface area contributed by atoms with Crippen molar-refractivity contribution < 1.29 is 32.2 Å². The summed E-state index contributed by atoms with van der Waals surface area (Å²) in [6.45, 7) is 3.83. The smallest absolute Gasteiger partial charge is 0.416 e. The molecule has 7 nitrogen and oxygen atoms in total. The second kappa shape index (κ2) is 10.1. The quantitative estimate of drug-likeness (QED) is 0.431. The van der Waals surface area contributed by atoms with Crippen LogP contribution in [-0.4, -0.2) is 47.8 Å². The number of amides is 2. The second-order valence-corrected chi connectivity index (χ2v) is 9.65. The van der Waals surface area contributed by atoms with E-state index in [0.29, 0.717) is 17.9 Å². The van der Waals surface area contributed by atoms with Gasteiger partial charge in [0.2, 0.25) is 6.79 Å². The maximum absolute atomic E-state index is 13.5. The molecule has 5 rings (SSSR count). The number of nitrogens with zero attached hydrogens (tertiary/aromatic N) is 3. The van der Waals surface area contributed by atoms with Crippen LogP contribution >= 0.6 is 0 Å². The molecule has 0 unspecified atom stereocenters. The zero-order valence-corrected chi connectivity index (χ0v) is 21.6. The van der Waals surface area contributed by atoms with Crippen LogP contribution in [0, 0.1) is 13.8 Å². The third-order valence-electron chi connectivity index (χ3n) is 6.97. The molecule has 0 saturated carbocycles. The molecular formula is C29H26F3N3O4. The Morgan fingerprint density at radius 2 is 1.69 bits per heavy atom. The number of hydrazone groups is 1. The number of rotatable bonds is 5. The number of alkyl halides is 3. The Kier molecular flexibility index (Phi) is 6.80. The van der Waals surface area contributed by atoms with E-state index in [1.165, 1.54) is 17.0 Å². The highest BCUT2D eigenvalue weighted by Gasteiger charge is 2.35. The largest absolute Gasteiger partial charge is 0.454 e. The van der Waals surface area contributed by atoms with Crippen LogP contribution in [-0.2, 0) is 11.0 Å². The van der Waals surface area contributed by atoms with Crippen molar-refractivity contribution >= 4 is 17.5 Å². The Balaban J connectivity index is 1.39. The lowest BCUT2D eigenvalue weighted by Crippen LogP contribution is -2.39. The number of hydrogen-bond acceptors (Lipinski definition) is 5. The zero-order valence-electron chi connectivity index (χ0n) is 21.6. The fourth-order valence-electron chi connectivity index (χ4n) is 4.59. The van der Waals surface area contributed by atoms with Crippen molar-refractivity contribution in [1.29, 1.82) is 0 Å². The van der Waals surface area contributed by atoms with Gasteiger partial charge in [0.25, 0.3) is 11.8 Å². The van der Waals surface area contributed by atoms with Gasteiger partial charge in [-0.15, -0.1) is 0 Å². The molecule has 0 N–H and O–H groups in total. The third-order valence-corrected chi connectivity index (χ3v) is 6.97. The van der Waals surface area contributed by atoms with Crippen LogP contribution in [0.3, 0.4) is 0 Å². The first-order valence-electron chi connectivity index (χ1n) is 12.3. The minimum atomic E-state index is -4.51. The average Bonchev–Trinajstić information content (AvgIpc) is 3.56. The average molecular weight is 538 g/mol. The van der Waals surface area contributed by atoms with Crippen molar-refractivity contribution in [2.24, 2.45) is 5.10 Å². The fourth-order valence-corrected chi connectivity index (χ4v) is 4.59. The predicted octanol–water partition coefficient (Wildman–Crippen LogP) is 5.50. The topological polar surface area (TPSA) is 71.4 Å². The number of carbonyl (C=O) groups is 2. The fraction of sp³-hybridized carbons (Fsp3) is 0.276. The van der Waals surface area contributed by atoms with E-state index in [1.54, 1.807) is 6.07 Å². The number of benzene rings is 3. The second-order valence-electron chi connectivity index (χ2n) is 9.65. The molecule has 0 radical (unpaired) electrons. The number of halogens is 3. The van der Waals surface area contributed by atoms with Crippen LogP contribution in [0.5, 0.6) is 11.5 Å². The first-order valence-corrected chi connectivity index (χ1v) is 12.3. The van der Waals surface area contributed by atoms with Gasteiger partial charge in [0, 0.05) is 19.0 Å². The van der Waals surface area contributed by atoms with Crippen LogP contribution in [0.15, 0.2) is 65.8 Å². The molecule has 0 saturated heterocycles. The van der Waals surface area contributed by atoms with Crippen LogP contribution < -0.4 is 9.47 Å². The zero-order chi connectivity index (χ0) is 27.9. The van der Waals surface area contributed by atoms with E-state index in [9.17, 15) is 22.8 Å². The molecule has 2 aliphatic heterocycles. The number of likely N-dealkylation sites (N-methyl/N-ethyl adjacent to an activating group) is 1. The molecule has 39 heavy (non-hydrogen) atoms. The summed E-state index contributed by atoms with van der Waals surface area (Å²) in [6.07, 6.45) is -4.06. The number of ether oxygens (including phenoxy) is 2. The number of hydrogen-bond donors (Lipinski definition) is 0. The first-order chi connectivity index (χ1) is 18.5. The minimum Gasteiger partial charge on any atom is -0.454 e. The van der Waals surface area contributed by atoms with Crippen molar-refractivity contribution in [2.45, 2.75) is 32.5 Å². The molecule has 0 aromatic heterocycles. The number of aryl methyl sites for hydroxylation is 2. The summed E-state index contributed by atoms with van der Waals surface area (Å²) in [6, 6.07) is 14.9. The molecule has 0 bridgehead atoms. The molecule has 202 valence electrons. The van der Waals surface area contributed by atoms with Gasteiger partial charge in [0.15, 0.2) is 11.5 Å². The summed E-state index contributed by atoms with van der Waals surface area (Å²) in [5.41, 5.74) is 3.86. The molecule has 0 fully saturated rings. The van der Waals surface area contributed by atoms with Gasteiger partial charge in [0.1, 0.15) is 6.54 Å². The monoisotopic (exact) mass is 537 g/mol. The van der Waals surface area contributed by atoms with Gasteiger partial charge in [0.05, 0.1) is 17.3 Å². The Morgan fingerprint density at radius 3 is 2.38 bits per heavy atom. The van der Waals surface area contributed by atoms with Crippen LogP contribution in [0.2, 0.25) is 0 Å². The van der Waals surface area contributed by atoms with Crippen LogP contribution in [0.25, 0.3) is 0 Å². The van der Waals surface area contributed by atoms with Gasteiger partial charge >= 0.3 is 6.18 Å². The van der Waals surface area contributed by atoms with Crippen molar-refractivity contribution in [3.8, 4) is 11.5 Å². The van der Waals surface area contributed by atoms with Crippen molar-refractivity contribution in [3.63, 3.8) is 0 Å². The summed E-state index contributed by atoms with van der Waals surface area (Å²) in [5, 5.41) is 6.04. The van der Waals surface area contributed by atoms with E-state index in [-0.39, 0.29) is 18.9 Å². The molecule has 1 atom stereocenters. The molecular weight excluding hydrogens is 511 g/mol. The Bertz CT molecular complexity index is 1470. The Morgan fingerprint density at radius 1 is 0.974 bits per heavy atom. The lowest BCUT2D eigenvalue weighted by molar-refractivity contribution is -0.137. The van der Waals surface area contributed by atoms with Gasteiger partial charge in [-0.3, -0.25) is 9.59 Å². The van der Waals surface area contributed by atoms with E-state index in [0.717, 1.165) is 52.2 Å². The van der Waals surface area contributed by atoms with Gasteiger partial charge in [-0.2, -0.15) is 18.3 Å². The SMILES string of the molecule is Cc1ccc(C2=NN(C(=O)CN(C)C(=O)c3ccc(C(F)(F)F)cc3)[C@@H](c3ccc4c(c3)OCO4)C2)cc1C. The van der Waals surface area contributed by atoms with Crippen molar-refractivity contribution in [1.82, 2.24) is 9.91 Å². The molecule has 0 spiro atoms. The van der Waals surface area contributed by atoms with Crippen molar-refractivity contribution in [2.75, 3.05) is 20.4 Å². The molecule has 2 aliphatic rings. The minimum absolute atomic E-state index is 0.0476. The lowest BCUT2D eigenvalue weighted by Gasteiger charge is -2.25. The van der Waals surface area contributed by atoms with E-state index < -0.39 is 29.6 Å². The lowest BCUT2D eigenvalue weighted by atomic mass is 9.96. The van der Waals surface area contributed by atoms with Gasteiger partial charge in [-0.25, -0.2) is 5.01 Å². The van der Waals surface area contributed by atoms with Gasteiger partial charge in [-0.05, 0) is 78.6 Å². The first kappa shape index (κ1) is 26.3. The number of carbonyl (C=O) groups excluding carboxylic acids is 2. The molecule has 2 amide bonds. The third kappa shape index (κ3) is 5.32. The Hall–Kier alpha value is -4.34. The van der Waals surface area contributed by atoms with Gasteiger partial charge in [-0.1, -0.05) is 18.2 Å². The standard InChI is InChI=1S/C29H26F3N3O4/c1-17-4-5-20(12-18(17)2)23-14-24(21-8-11-25-26(13-21)39-16-38-25)35(33-23)27(36)15-34(3)28(37)19-6-9-22(10-7-19)29(30,31)32/h4-13,24H,14-16H2,1-3H3/t24-/m1/s1. The molecule has 0 aliphatic carbocycles. The van der Waals surface area contributed by atoms with E-state index >= 15 is 0 Å². The van der Waals surface area contributed by atoms with E-state index in [4.69, 9.17) is 9.47 Å². The van der Waals surface area contributed by atoms with Gasteiger partial charge < -0.3 is 14.4 Å². The highest BCUT2D eigenvalue weighted by molar-refractivity contribution is 6.04. The number of fused-ring (bicyclic) bond motifs is 1. The Labute approximate surface area is 223 Å². The predicted molar refractivity (Wildman–Crippen MR) is 138 cm³/mol. The summed E-state index contributed by atoms with van der Waals surface area (Å²) >= 11 is 0. The highest BCUT2D eigenvalue weighted by atomic mass is 19.4.